The van der Waals surface area contributed by atoms with Crippen molar-refractivity contribution in [3.8, 4) is 0 Å². The summed E-state index contributed by atoms with van der Waals surface area (Å²) in [5, 5.41) is 5.37. The number of methoxy groups -OCH3 is 1. The smallest absolute Gasteiger partial charge is 0.309 e. The van der Waals surface area contributed by atoms with Crippen LogP contribution in [0.1, 0.15) is 22.3 Å². The summed E-state index contributed by atoms with van der Waals surface area (Å²) < 4.78 is 5.71. The SMILES string of the molecule is COC1(CNC(=O)C(=O)NCc2ccc(C)cc2)Cc2ccccc2C1. The molecule has 0 saturated carbocycles. The number of benzene rings is 2. The van der Waals surface area contributed by atoms with Gasteiger partial charge in [-0.1, -0.05) is 54.1 Å². The summed E-state index contributed by atoms with van der Waals surface area (Å²) in [5.74, 6) is -1.27. The second kappa shape index (κ2) is 7.70. The zero-order valence-corrected chi connectivity index (χ0v) is 15.2. The number of amides is 2. The largest absolute Gasteiger partial charge is 0.376 e. The Morgan fingerprint density at radius 1 is 0.962 bits per heavy atom. The van der Waals surface area contributed by atoms with Gasteiger partial charge in [-0.25, -0.2) is 0 Å². The van der Waals surface area contributed by atoms with Crippen molar-refractivity contribution in [2.45, 2.75) is 31.9 Å². The van der Waals surface area contributed by atoms with Crippen LogP contribution in [0.2, 0.25) is 0 Å². The van der Waals surface area contributed by atoms with Gasteiger partial charge in [-0.3, -0.25) is 9.59 Å². The molecule has 0 spiro atoms. The van der Waals surface area contributed by atoms with E-state index in [1.165, 1.54) is 11.1 Å². The van der Waals surface area contributed by atoms with Crippen molar-refractivity contribution in [3.05, 3.63) is 70.8 Å². The molecule has 0 fully saturated rings. The fourth-order valence-electron chi connectivity index (χ4n) is 3.29. The van der Waals surface area contributed by atoms with E-state index in [-0.39, 0.29) is 0 Å². The number of fused-ring (bicyclic) bond motifs is 1. The average molecular weight is 352 g/mol. The highest BCUT2D eigenvalue weighted by atomic mass is 16.5. The number of hydrogen-bond donors (Lipinski definition) is 2. The lowest BCUT2D eigenvalue weighted by atomic mass is 10.00. The van der Waals surface area contributed by atoms with E-state index in [2.05, 4.69) is 22.8 Å². The highest BCUT2D eigenvalue weighted by Gasteiger charge is 2.37. The molecule has 0 radical (unpaired) electrons. The van der Waals surface area contributed by atoms with Gasteiger partial charge in [0.2, 0.25) is 0 Å². The Balaban J connectivity index is 1.51. The predicted octanol–water partition coefficient (Wildman–Crippen LogP) is 1.91. The van der Waals surface area contributed by atoms with Crippen LogP contribution in [0.15, 0.2) is 48.5 Å². The average Bonchev–Trinajstić information content (AvgIpc) is 3.04. The lowest BCUT2D eigenvalue weighted by molar-refractivity contribution is -0.140. The number of carbonyl (C=O) groups excluding carboxylic acids is 2. The fourth-order valence-corrected chi connectivity index (χ4v) is 3.29. The Morgan fingerprint density at radius 3 is 2.12 bits per heavy atom. The standard InChI is InChI=1S/C21H24N2O3/c1-15-7-9-16(10-8-15)13-22-19(24)20(25)23-14-21(26-2)11-17-5-3-4-6-18(17)12-21/h3-10H,11-14H2,1-2H3,(H,22,24)(H,23,25). The molecule has 1 aliphatic rings. The van der Waals surface area contributed by atoms with E-state index in [0.717, 1.165) is 24.0 Å². The van der Waals surface area contributed by atoms with E-state index in [1.807, 2.05) is 43.3 Å². The molecule has 0 saturated heterocycles. The number of rotatable bonds is 5. The van der Waals surface area contributed by atoms with Crippen molar-refractivity contribution < 1.29 is 14.3 Å². The number of hydrogen-bond acceptors (Lipinski definition) is 3. The van der Waals surface area contributed by atoms with Gasteiger partial charge in [-0.15, -0.1) is 0 Å². The first-order chi connectivity index (χ1) is 12.5. The van der Waals surface area contributed by atoms with Crippen LogP contribution < -0.4 is 10.6 Å². The third kappa shape index (κ3) is 4.11. The normalized spacial score (nSPS) is 14.5. The van der Waals surface area contributed by atoms with Crippen LogP contribution in [0.3, 0.4) is 0 Å². The van der Waals surface area contributed by atoms with Gasteiger partial charge in [0.05, 0.1) is 5.60 Å². The number of ether oxygens (including phenoxy) is 1. The molecule has 26 heavy (non-hydrogen) atoms. The van der Waals surface area contributed by atoms with Gasteiger partial charge >= 0.3 is 11.8 Å². The first kappa shape index (κ1) is 18.1. The number of nitrogens with one attached hydrogen (secondary N) is 2. The molecule has 2 aromatic rings. The quantitative estimate of drug-likeness (QED) is 0.808. The minimum atomic E-state index is -0.635. The molecule has 136 valence electrons. The zero-order valence-electron chi connectivity index (χ0n) is 15.2. The van der Waals surface area contributed by atoms with E-state index in [4.69, 9.17) is 4.74 Å². The minimum absolute atomic E-state index is 0.301. The molecule has 2 N–H and O–H groups in total. The highest BCUT2D eigenvalue weighted by Crippen LogP contribution is 2.31. The van der Waals surface area contributed by atoms with Crippen LogP contribution in [-0.4, -0.2) is 31.1 Å². The fraction of sp³-hybridized carbons (Fsp3) is 0.333. The molecule has 1 aliphatic carbocycles. The number of aryl methyl sites for hydroxylation is 1. The Morgan fingerprint density at radius 2 is 1.54 bits per heavy atom. The molecule has 2 amide bonds. The molecule has 5 heteroatoms. The second-order valence-electron chi connectivity index (χ2n) is 6.86. The van der Waals surface area contributed by atoms with Gasteiger partial charge in [0.15, 0.2) is 0 Å². The summed E-state index contributed by atoms with van der Waals surface area (Å²) in [6.07, 6.45) is 1.45. The highest BCUT2D eigenvalue weighted by molar-refractivity contribution is 6.35. The second-order valence-corrected chi connectivity index (χ2v) is 6.86. The maximum absolute atomic E-state index is 12.1. The van der Waals surface area contributed by atoms with Crippen LogP contribution in [0, 0.1) is 6.92 Å². The third-order valence-electron chi connectivity index (χ3n) is 4.93. The van der Waals surface area contributed by atoms with Gasteiger partial charge in [-0.2, -0.15) is 0 Å². The van der Waals surface area contributed by atoms with Gasteiger partial charge in [0.25, 0.3) is 0 Å². The molecule has 0 aliphatic heterocycles. The Bertz CT molecular complexity index is 774. The topological polar surface area (TPSA) is 67.4 Å². The van der Waals surface area contributed by atoms with Crippen molar-refractivity contribution in [3.63, 3.8) is 0 Å². The van der Waals surface area contributed by atoms with Crippen LogP contribution in [0.5, 0.6) is 0 Å². The molecule has 0 unspecified atom stereocenters. The summed E-state index contributed by atoms with van der Waals surface area (Å²) in [6.45, 7) is 2.63. The third-order valence-corrected chi connectivity index (χ3v) is 4.93. The van der Waals surface area contributed by atoms with Crippen molar-refractivity contribution >= 4 is 11.8 Å². The first-order valence-electron chi connectivity index (χ1n) is 8.75. The zero-order chi connectivity index (χ0) is 18.6. The van der Waals surface area contributed by atoms with Crippen LogP contribution in [0.4, 0.5) is 0 Å². The van der Waals surface area contributed by atoms with Crippen molar-refractivity contribution in [1.29, 1.82) is 0 Å². The summed E-state index contributed by atoms with van der Waals surface area (Å²) in [6, 6.07) is 16.0. The van der Waals surface area contributed by atoms with Crippen LogP contribution >= 0.6 is 0 Å². The monoisotopic (exact) mass is 352 g/mol. The molecule has 0 bridgehead atoms. The van der Waals surface area contributed by atoms with Gasteiger partial charge in [0, 0.05) is 33.0 Å². The van der Waals surface area contributed by atoms with Crippen molar-refractivity contribution in [1.82, 2.24) is 10.6 Å². The summed E-state index contributed by atoms with van der Waals surface area (Å²) in [5.41, 5.74) is 4.08. The van der Waals surface area contributed by atoms with E-state index in [1.54, 1.807) is 7.11 Å². The lowest BCUT2D eigenvalue weighted by Crippen LogP contribution is -2.49. The van der Waals surface area contributed by atoms with E-state index < -0.39 is 17.4 Å². The van der Waals surface area contributed by atoms with Gasteiger partial charge < -0.3 is 15.4 Å². The van der Waals surface area contributed by atoms with E-state index in [0.29, 0.717) is 13.1 Å². The Hall–Kier alpha value is -2.66. The molecule has 0 heterocycles. The van der Waals surface area contributed by atoms with Crippen molar-refractivity contribution in [2.24, 2.45) is 0 Å². The lowest BCUT2D eigenvalue weighted by Gasteiger charge is -2.27. The molecule has 3 rings (SSSR count). The summed E-state index contributed by atoms with van der Waals surface area (Å²) in [7, 11) is 1.65. The molecular weight excluding hydrogens is 328 g/mol. The molecule has 0 atom stereocenters. The molecular formula is C21H24N2O3. The van der Waals surface area contributed by atoms with E-state index in [9.17, 15) is 9.59 Å². The maximum atomic E-state index is 12.1. The molecule has 2 aromatic carbocycles. The van der Waals surface area contributed by atoms with Crippen LogP contribution in [0.25, 0.3) is 0 Å². The van der Waals surface area contributed by atoms with Crippen molar-refractivity contribution in [2.75, 3.05) is 13.7 Å². The maximum Gasteiger partial charge on any atom is 0.309 e. The molecule has 0 aromatic heterocycles. The summed E-state index contributed by atoms with van der Waals surface area (Å²) >= 11 is 0. The van der Waals surface area contributed by atoms with Gasteiger partial charge in [-0.05, 0) is 23.6 Å². The Kier molecular flexibility index (Phi) is 5.38. The Labute approximate surface area is 153 Å². The first-order valence-corrected chi connectivity index (χ1v) is 8.75. The minimum Gasteiger partial charge on any atom is -0.376 e. The predicted molar refractivity (Wildman–Crippen MR) is 99.6 cm³/mol. The molecule has 5 nitrogen and oxygen atoms in total. The van der Waals surface area contributed by atoms with Gasteiger partial charge in [0.1, 0.15) is 0 Å². The van der Waals surface area contributed by atoms with E-state index >= 15 is 0 Å². The summed E-state index contributed by atoms with van der Waals surface area (Å²) in [4.78, 5) is 24.2. The number of carbonyl (C=O) groups is 2. The van der Waals surface area contributed by atoms with Crippen LogP contribution in [-0.2, 0) is 33.7 Å².